The van der Waals surface area contributed by atoms with Crippen LogP contribution in [0.1, 0.15) is 23.2 Å². The van der Waals surface area contributed by atoms with Gasteiger partial charge in [0, 0.05) is 13.1 Å². The molecule has 2 N–H and O–H groups in total. The van der Waals surface area contributed by atoms with Gasteiger partial charge in [-0.3, -0.25) is 4.79 Å². The van der Waals surface area contributed by atoms with Crippen molar-refractivity contribution in [3.63, 3.8) is 0 Å². The number of carbonyl (C=O) groups excluding carboxylic acids is 1. The zero-order valence-electron chi connectivity index (χ0n) is 12.1. The molecule has 1 aromatic carbocycles. The van der Waals surface area contributed by atoms with Crippen molar-refractivity contribution in [2.24, 2.45) is 11.7 Å². The molecule has 1 fully saturated rings. The molecule has 1 amide bonds. The van der Waals surface area contributed by atoms with E-state index in [2.05, 4.69) is 0 Å². The number of ether oxygens (including phenoxy) is 2. The number of amides is 1. The van der Waals surface area contributed by atoms with Crippen LogP contribution in [0.25, 0.3) is 0 Å². The molecule has 1 atom stereocenters. The fraction of sp³-hybridized carbons (Fsp3) is 0.533. The van der Waals surface area contributed by atoms with Crippen LogP contribution in [0.5, 0.6) is 11.5 Å². The molecular weight excluding hydrogens is 256 g/mol. The lowest BCUT2D eigenvalue weighted by Gasteiger charge is -2.32. The lowest BCUT2D eigenvalue weighted by atomic mass is 9.97. The number of piperidine rings is 1. The van der Waals surface area contributed by atoms with E-state index >= 15 is 0 Å². The van der Waals surface area contributed by atoms with Gasteiger partial charge in [0.1, 0.15) is 17.1 Å². The smallest absolute Gasteiger partial charge is 0.261 e. The van der Waals surface area contributed by atoms with Gasteiger partial charge in [0.15, 0.2) is 0 Å². The number of nitrogens with zero attached hydrogens (tertiary/aromatic N) is 1. The van der Waals surface area contributed by atoms with Crippen LogP contribution in [0.2, 0.25) is 0 Å². The highest BCUT2D eigenvalue weighted by Gasteiger charge is 2.27. The van der Waals surface area contributed by atoms with E-state index in [9.17, 15) is 4.79 Å². The number of rotatable bonds is 4. The van der Waals surface area contributed by atoms with Crippen molar-refractivity contribution < 1.29 is 14.3 Å². The summed E-state index contributed by atoms with van der Waals surface area (Å²) in [5.74, 6) is 1.43. The fourth-order valence-electron chi connectivity index (χ4n) is 2.66. The topological polar surface area (TPSA) is 64.8 Å². The quantitative estimate of drug-likeness (QED) is 0.907. The second-order valence-corrected chi connectivity index (χ2v) is 5.03. The number of carbonyl (C=O) groups is 1. The van der Waals surface area contributed by atoms with Crippen LogP contribution in [0.15, 0.2) is 18.2 Å². The first-order valence-electron chi connectivity index (χ1n) is 6.91. The monoisotopic (exact) mass is 278 g/mol. The van der Waals surface area contributed by atoms with E-state index in [-0.39, 0.29) is 5.91 Å². The SMILES string of the molecule is COc1cccc(OC)c1C(=O)N1CCCC(CN)C1. The Balaban J connectivity index is 2.28. The van der Waals surface area contributed by atoms with Crippen LogP contribution >= 0.6 is 0 Å². The lowest BCUT2D eigenvalue weighted by Crippen LogP contribution is -2.42. The first kappa shape index (κ1) is 14.7. The second kappa shape index (κ2) is 6.61. The van der Waals surface area contributed by atoms with Crippen LogP contribution in [0.4, 0.5) is 0 Å². The predicted octanol–water partition coefficient (Wildman–Crippen LogP) is 1.51. The molecule has 2 rings (SSSR count). The van der Waals surface area contributed by atoms with Gasteiger partial charge in [0.05, 0.1) is 14.2 Å². The van der Waals surface area contributed by atoms with E-state index in [0.717, 1.165) is 19.4 Å². The van der Waals surface area contributed by atoms with Crippen LogP contribution in [-0.2, 0) is 0 Å². The Hall–Kier alpha value is -1.75. The highest BCUT2D eigenvalue weighted by Crippen LogP contribution is 2.30. The van der Waals surface area contributed by atoms with Crippen LogP contribution < -0.4 is 15.2 Å². The number of likely N-dealkylation sites (tertiary alicyclic amines) is 1. The maximum atomic E-state index is 12.7. The summed E-state index contributed by atoms with van der Waals surface area (Å²) in [5.41, 5.74) is 6.22. The molecule has 110 valence electrons. The largest absolute Gasteiger partial charge is 0.496 e. The molecule has 5 heteroatoms. The molecule has 1 unspecified atom stereocenters. The van der Waals surface area contributed by atoms with Crippen molar-refractivity contribution in [2.75, 3.05) is 33.9 Å². The van der Waals surface area contributed by atoms with E-state index in [1.165, 1.54) is 0 Å². The standard InChI is InChI=1S/C15H22N2O3/c1-19-12-6-3-7-13(20-2)14(12)15(18)17-8-4-5-11(9-16)10-17/h3,6-7,11H,4-5,8-10,16H2,1-2H3. The summed E-state index contributed by atoms with van der Waals surface area (Å²) in [5, 5.41) is 0. The summed E-state index contributed by atoms with van der Waals surface area (Å²) >= 11 is 0. The van der Waals surface area contributed by atoms with Gasteiger partial charge in [-0.05, 0) is 37.4 Å². The molecule has 0 aliphatic carbocycles. The molecular formula is C15H22N2O3. The van der Waals surface area contributed by atoms with Gasteiger partial charge in [-0.2, -0.15) is 0 Å². The van der Waals surface area contributed by atoms with Gasteiger partial charge in [-0.15, -0.1) is 0 Å². The van der Waals surface area contributed by atoms with E-state index in [1.54, 1.807) is 26.4 Å². The maximum Gasteiger partial charge on any atom is 0.261 e. The molecule has 20 heavy (non-hydrogen) atoms. The van der Waals surface area contributed by atoms with Crippen LogP contribution in [-0.4, -0.2) is 44.7 Å². The Morgan fingerprint density at radius 3 is 2.55 bits per heavy atom. The zero-order valence-corrected chi connectivity index (χ0v) is 12.1. The number of hydrogen-bond donors (Lipinski definition) is 1. The molecule has 1 aliphatic heterocycles. The Kier molecular flexibility index (Phi) is 4.84. The summed E-state index contributed by atoms with van der Waals surface area (Å²) in [6.45, 7) is 2.08. The van der Waals surface area contributed by atoms with Crippen molar-refractivity contribution in [3.8, 4) is 11.5 Å². The zero-order chi connectivity index (χ0) is 14.5. The molecule has 0 radical (unpaired) electrons. The number of benzene rings is 1. The molecule has 1 aromatic rings. The second-order valence-electron chi connectivity index (χ2n) is 5.03. The van der Waals surface area contributed by atoms with Gasteiger partial charge in [-0.25, -0.2) is 0 Å². The van der Waals surface area contributed by atoms with E-state index in [4.69, 9.17) is 15.2 Å². The van der Waals surface area contributed by atoms with Crippen LogP contribution in [0, 0.1) is 5.92 Å². The van der Waals surface area contributed by atoms with Crippen molar-refractivity contribution in [2.45, 2.75) is 12.8 Å². The fourth-order valence-corrected chi connectivity index (χ4v) is 2.66. The molecule has 1 heterocycles. The Morgan fingerprint density at radius 2 is 2.00 bits per heavy atom. The Bertz CT molecular complexity index is 454. The number of methoxy groups -OCH3 is 2. The number of nitrogens with two attached hydrogens (primary N) is 1. The van der Waals surface area contributed by atoms with Gasteiger partial charge < -0.3 is 20.1 Å². The third-order valence-electron chi connectivity index (χ3n) is 3.78. The minimum Gasteiger partial charge on any atom is -0.496 e. The average molecular weight is 278 g/mol. The molecule has 0 bridgehead atoms. The Labute approximate surface area is 119 Å². The Morgan fingerprint density at radius 1 is 1.35 bits per heavy atom. The molecule has 0 spiro atoms. The summed E-state index contributed by atoms with van der Waals surface area (Å²) < 4.78 is 10.6. The first-order valence-corrected chi connectivity index (χ1v) is 6.91. The van der Waals surface area contributed by atoms with Crippen molar-refractivity contribution in [1.29, 1.82) is 0 Å². The third kappa shape index (κ3) is 2.88. The normalized spacial score (nSPS) is 18.8. The van der Waals surface area contributed by atoms with Gasteiger partial charge >= 0.3 is 0 Å². The molecule has 0 aromatic heterocycles. The number of hydrogen-bond acceptors (Lipinski definition) is 4. The van der Waals surface area contributed by atoms with Gasteiger partial charge in [0.2, 0.25) is 0 Å². The lowest BCUT2D eigenvalue weighted by molar-refractivity contribution is 0.0671. The van der Waals surface area contributed by atoms with Crippen LogP contribution in [0.3, 0.4) is 0 Å². The maximum absolute atomic E-state index is 12.7. The van der Waals surface area contributed by atoms with Gasteiger partial charge in [-0.1, -0.05) is 6.07 Å². The summed E-state index contributed by atoms with van der Waals surface area (Å²) in [6.07, 6.45) is 2.08. The molecule has 1 aliphatic rings. The molecule has 1 saturated heterocycles. The molecule has 5 nitrogen and oxygen atoms in total. The van der Waals surface area contributed by atoms with E-state index in [0.29, 0.717) is 36.1 Å². The van der Waals surface area contributed by atoms with E-state index < -0.39 is 0 Å². The van der Waals surface area contributed by atoms with Crippen molar-refractivity contribution >= 4 is 5.91 Å². The predicted molar refractivity (Wildman–Crippen MR) is 77.2 cm³/mol. The van der Waals surface area contributed by atoms with Crippen molar-refractivity contribution in [1.82, 2.24) is 4.90 Å². The average Bonchev–Trinajstić information content (AvgIpc) is 2.53. The summed E-state index contributed by atoms with van der Waals surface area (Å²) in [7, 11) is 3.12. The highest BCUT2D eigenvalue weighted by atomic mass is 16.5. The summed E-state index contributed by atoms with van der Waals surface area (Å²) in [4.78, 5) is 14.6. The minimum atomic E-state index is -0.0440. The summed E-state index contributed by atoms with van der Waals surface area (Å²) in [6, 6.07) is 5.37. The minimum absolute atomic E-state index is 0.0440. The van der Waals surface area contributed by atoms with Gasteiger partial charge in [0.25, 0.3) is 5.91 Å². The molecule has 0 saturated carbocycles. The van der Waals surface area contributed by atoms with E-state index in [1.807, 2.05) is 11.0 Å². The first-order chi connectivity index (χ1) is 9.71. The highest BCUT2D eigenvalue weighted by molar-refractivity contribution is 5.99. The van der Waals surface area contributed by atoms with Crippen molar-refractivity contribution in [3.05, 3.63) is 23.8 Å². The third-order valence-corrected chi connectivity index (χ3v) is 3.78.